The average molecular weight is 397 g/mol. The molecule has 2 aromatic carbocycles. The third-order valence-corrected chi connectivity index (χ3v) is 3.45. The van der Waals surface area contributed by atoms with E-state index in [9.17, 15) is 27.2 Å². The SMILES string of the molecule is NC(=O)COc1ccc(/C=N/NC(=O)c2ccc(C(F)(F)C(F)F)cc2)cc1. The molecule has 0 aliphatic carbocycles. The fourth-order valence-corrected chi connectivity index (χ4v) is 2.00. The monoisotopic (exact) mass is 397 g/mol. The molecule has 0 aromatic heterocycles. The summed E-state index contributed by atoms with van der Waals surface area (Å²) in [5.74, 6) is -5.19. The predicted molar refractivity (Wildman–Crippen MR) is 92.5 cm³/mol. The van der Waals surface area contributed by atoms with Crippen molar-refractivity contribution in [1.82, 2.24) is 5.43 Å². The van der Waals surface area contributed by atoms with Crippen LogP contribution in [0.2, 0.25) is 0 Å². The molecule has 0 aliphatic rings. The fraction of sp³-hybridized carbons (Fsp3) is 0.167. The summed E-state index contributed by atoms with van der Waals surface area (Å²) in [5, 5.41) is 3.71. The minimum absolute atomic E-state index is 0.0267. The van der Waals surface area contributed by atoms with Crippen molar-refractivity contribution in [2.24, 2.45) is 10.8 Å². The average Bonchev–Trinajstić information content (AvgIpc) is 2.67. The highest BCUT2D eigenvalue weighted by atomic mass is 19.3. The van der Waals surface area contributed by atoms with Crippen LogP contribution >= 0.6 is 0 Å². The van der Waals surface area contributed by atoms with Gasteiger partial charge in [0.1, 0.15) is 5.75 Å². The van der Waals surface area contributed by atoms with Crippen LogP contribution in [0.3, 0.4) is 0 Å². The minimum Gasteiger partial charge on any atom is -0.484 e. The van der Waals surface area contributed by atoms with Crippen LogP contribution in [0.1, 0.15) is 21.5 Å². The number of amides is 2. The highest BCUT2D eigenvalue weighted by molar-refractivity contribution is 5.94. The lowest BCUT2D eigenvalue weighted by Gasteiger charge is -2.15. The number of primary amides is 1. The van der Waals surface area contributed by atoms with E-state index in [1.807, 2.05) is 0 Å². The number of benzene rings is 2. The molecule has 0 atom stereocenters. The Labute approximate surface area is 157 Å². The Bertz CT molecular complexity index is 853. The summed E-state index contributed by atoms with van der Waals surface area (Å²) in [6, 6.07) is 9.86. The number of hydrazone groups is 1. The smallest absolute Gasteiger partial charge is 0.332 e. The van der Waals surface area contributed by atoms with Gasteiger partial charge in [-0.15, -0.1) is 0 Å². The highest BCUT2D eigenvalue weighted by Crippen LogP contribution is 2.34. The summed E-state index contributed by atoms with van der Waals surface area (Å²) in [6.07, 6.45) is -2.53. The minimum atomic E-state index is -4.29. The fourth-order valence-electron chi connectivity index (χ4n) is 2.00. The molecule has 0 fully saturated rings. The third kappa shape index (κ3) is 5.53. The molecule has 2 amide bonds. The number of carbonyl (C=O) groups excluding carboxylic acids is 2. The maximum Gasteiger partial charge on any atom is 0.332 e. The number of nitrogens with two attached hydrogens (primary N) is 1. The molecule has 148 valence electrons. The zero-order valence-electron chi connectivity index (χ0n) is 14.2. The Morgan fingerprint density at radius 3 is 2.25 bits per heavy atom. The van der Waals surface area contributed by atoms with E-state index in [0.717, 1.165) is 24.3 Å². The molecule has 28 heavy (non-hydrogen) atoms. The van der Waals surface area contributed by atoms with Gasteiger partial charge >= 0.3 is 12.3 Å². The summed E-state index contributed by atoms with van der Waals surface area (Å²) in [5.41, 5.74) is 6.83. The molecule has 2 rings (SSSR count). The molecule has 6 nitrogen and oxygen atoms in total. The van der Waals surface area contributed by atoms with Crippen molar-refractivity contribution >= 4 is 18.0 Å². The molecule has 0 unspecified atom stereocenters. The van der Waals surface area contributed by atoms with Crippen molar-refractivity contribution in [3.63, 3.8) is 0 Å². The molecule has 0 heterocycles. The van der Waals surface area contributed by atoms with Crippen LogP contribution in [-0.4, -0.2) is 31.1 Å². The number of nitrogens with zero attached hydrogens (tertiary/aromatic N) is 1. The van der Waals surface area contributed by atoms with Gasteiger partial charge in [0.25, 0.3) is 11.8 Å². The van der Waals surface area contributed by atoms with Crippen molar-refractivity contribution in [2.75, 3.05) is 6.61 Å². The van der Waals surface area contributed by atoms with E-state index < -0.39 is 29.7 Å². The van der Waals surface area contributed by atoms with Crippen molar-refractivity contribution in [3.8, 4) is 5.75 Å². The lowest BCUT2D eigenvalue weighted by Crippen LogP contribution is -2.24. The Morgan fingerprint density at radius 1 is 1.11 bits per heavy atom. The molecule has 0 saturated carbocycles. The number of hydrogen-bond acceptors (Lipinski definition) is 4. The van der Waals surface area contributed by atoms with Crippen LogP contribution in [0, 0.1) is 0 Å². The van der Waals surface area contributed by atoms with Gasteiger partial charge in [0.05, 0.1) is 6.21 Å². The van der Waals surface area contributed by atoms with E-state index in [-0.39, 0.29) is 12.2 Å². The summed E-state index contributed by atoms with van der Waals surface area (Å²) >= 11 is 0. The van der Waals surface area contributed by atoms with E-state index in [0.29, 0.717) is 11.3 Å². The number of halogens is 4. The van der Waals surface area contributed by atoms with Gasteiger partial charge in [-0.25, -0.2) is 14.2 Å². The normalized spacial score (nSPS) is 11.6. The summed E-state index contributed by atoms with van der Waals surface area (Å²) in [4.78, 5) is 22.5. The van der Waals surface area contributed by atoms with Gasteiger partial charge in [-0.2, -0.15) is 13.9 Å². The van der Waals surface area contributed by atoms with Crippen molar-refractivity contribution in [3.05, 3.63) is 65.2 Å². The maximum absolute atomic E-state index is 13.2. The second kappa shape index (κ2) is 8.98. The third-order valence-electron chi connectivity index (χ3n) is 3.45. The topological polar surface area (TPSA) is 93.8 Å². The Hall–Kier alpha value is -3.43. The number of alkyl halides is 4. The number of nitrogens with one attached hydrogen (secondary N) is 1. The van der Waals surface area contributed by atoms with Crippen LogP contribution in [0.5, 0.6) is 5.75 Å². The maximum atomic E-state index is 13.2. The van der Waals surface area contributed by atoms with E-state index >= 15 is 0 Å². The zero-order valence-corrected chi connectivity index (χ0v) is 14.2. The van der Waals surface area contributed by atoms with Crippen molar-refractivity contribution in [2.45, 2.75) is 12.3 Å². The predicted octanol–water partition coefficient (Wildman–Crippen LogP) is 2.67. The van der Waals surface area contributed by atoms with Gasteiger partial charge in [0.2, 0.25) is 0 Å². The van der Waals surface area contributed by atoms with Gasteiger partial charge in [-0.1, -0.05) is 12.1 Å². The molecule has 0 aliphatic heterocycles. The van der Waals surface area contributed by atoms with Crippen molar-refractivity contribution < 1.29 is 31.9 Å². The molecule has 2 aromatic rings. The zero-order chi connectivity index (χ0) is 20.7. The quantitative estimate of drug-likeness (QED) is 0.407. The van der Waals surface area contributed by atoms with Crippen molar-refractivity contribution in [1.29, 1.82) is 0 Å². The van der Waals surface area contributed by atoms with Gasteiger partial charge in [0, 0.05) is 11.1 Å². The number of carbonyl (C=O) groups is 2. The van der Waals surface area contributed by atoms with Crippen LogP contribution in [0.25, 0.3) is 0 Å². The Morgan fingerprint density at radius 2 is 1.71 bits per heavy atom. The van der Waals surface area contributed by atoms with E-state index in [2.05, 4.69) is 10.5 Å². The second-order valence-corrected chi connectivity index (χ2v) is 5.52. The first kappa shape index (κ1) is 20.9. The molecular weight excluding hydrogens is 382 g/mol. The highest BCUT2D eigenvalue weighted by Gasteiger charge is 2.42. The van der Waals surface area contributed by atoms with Gasteiger partial charge in [0.15, 0.2) is 6.61 Å². The van der Waals surface area contributed by atoms with E-state index in [4.69, 9.17) is 10.5 Å². The number of hydrogen-bond donors (Lipinski definition) is 2. The standard InChI is InChI=1S/C18H15F4N3O3/c19-17(20)18(21,22)13-5-3-12(4-6-13)16(27)25-24-9-11-1-7-14(8-2-11)28-10-15(23)26/h1-9,17H,10H2,(H2,23,26)(H,25,27)/b24-9+. The number of ether oxygens (including phenoxy) is 1. The lowest BCUT2D eigenvalue weighted by atomic mass is 10.1. The van der Waals surface area contributed by atoms with Crippen LogP contribution < -0.4 is 15.9 Å². The Kier molecular flexibility index (Phi) is 6.69. The largest absolute Gasteiger partial charge is 0.484 e. The molecule has 3 N–H and O–H groups in total. The number of rotatable bonds is 8. The molecule has 0 saturated heterocycles. The van der Waals surface area contributed by atoms with Crippen LogP contribution in [0.15, 0.2) is 53.6 Å². The summed E-state index contributed by atoms with van der Waals surface area (Å²) in [7, 11) is 0. The molecule has 0 spiro atoms. The Balaban J connectivity index is 1.93. The summed E-state index contributed by atoms with van der Waals surface area (Å²) < 4.78 is 56.1. The van der Waals surface area contributed by atoms with Gasteiger partial charge < -0.3 is 10.5 Å². The molecule has 10 heteroatoms. The van der Waals surface area contributed by atoms with E-state index in [1.54, 1.807) is 24.3 Å². The van der Waals surface area contributed by atoms with Gasteiger partial charge in [-0.3, -0.25) is 9.59 Å². The molecular formula is C18H15F4N3O3. The first-order chi connectivity index (χ1) is 13.2. The van der Waals surface area contributed by atoms with Gasteiger partial charge in [-0.05, 0) is 42.0 Å². The molecule has 0 bridgehead atoms. The summed E-state index contributed by atoms with van der Waals surface area (Å²) in [6.45, 7) is -0.258. The lowest BCUT2D eigenvalue weighted by molar-refractivity contribution is -0.135. The molecule has 0 radical (unpaired) electrons. The first-order valence-electron chi connectivity index (χ1n) is 7.81. The second-order valence-electron chi connectivity index (χ2n) is 5.52. The first-order valence-corrected chi connectivity index (χ1v) is 7.81. The van der Waals surface area contributed by atoms with Crippen LogP contribution in [0.4, 0.5) is 17.6 Å². The van der Waals surface area contributed by atoms with Crippen LogP contribution in [-0.2, 0) is 10.7 Å². The van der Waals surface area contributed by atoms with E-state index in [1.165, 1.54) is 6.21 Å².